The van der Waals surface area contributed by atoms with Crippen LogP contribution in [0.1, 0.15) is 148 Å². The Morgan fingerprint density at radius 2 is 1.33 bits per heavy atom. The molecule has 1 aromatic carbocycles. The number of aliphatic imine (C=N–C) groups is 1. The van der Waals surface area contributed by atoms with Gasteiger partial charge in [0.2, 0.25) is 70.9 Å². The lowest BCUT2D eigenvalue weighted by Gasteiger charge is -2.31. The molecular weight excluding hydrogens is 1400 g/mol. The van der Waals surface area contributed by atoms with Crippen molar-refractivity contribution in [3.8, 4) is 0 Å². The number of aliphatic hydroxyl groups excluding tert-OH is 1. The number of amides is 12. The molecule has 2 aromatic rings. The topological polar surface area (TPSA) is 545 Å². The summed E-state index contributed by atoms with van der Waals surface area (Å²) in [6.07, 6.45) is 5.96. The lowest BCUT2D eigenvalue weighted by atomic mass is 9.90. The number of nitrogens with one attached hydrogen (secondary N) is 10. The lowest BCUT2D eigenvalue weighted by Crippen LogP contribution is -2.61. The van der Waals surface area contributed by atoms with Crippen LogP contribution in [-0.2, 0) is 80.0 Å². The molecule has 3 aliphatic rings. The van der Waals surface area contributed by atoms with Gasteiger partial charge < -0.3 is 96.4 Å². The second-order valence-electron chi connectivity index (χ2n) is 27.2. The normalized spacial score (nSPS) is 20.4. The summed E-state index contributed by atoms with van der Waals surface area (Å²) >= 11 is 0. The standard InChI is InChI=1S/C69H109N19O15S2/c1-5-6-18-47(60(95)76-27-24-42-15-8-7-9-16-42)82-66(101)53-20-13-28-87(53)58(93)35-78-61(96)48(19-10-11-25-70)81-64(99)51-37-104-105-38-52(65(100)83-49(30-40(2)3)62(97)84-50(36-89)63(98)85-51)86-67(102)54-21-14-29-88(54)68(103)43(17-12-26-77-69(73)74)32-56(91)46(22-23-57(72)92)80-59(94)44(33-55(90)41(4)71)31-45-34-75-39-79-45/h7-9,15-16,34,39-41,43-44,46-54,89H,5-6,10-14,17-33,35-38,70-71H2,1-4H3,(H2,72,92)(H,75,79)(H,76,95)(H,78,96)(H,80,94)(H,81,99)(H,82,101)(H,83,100)(H,84,97)(H,85,98)(H,86,102)(H4,73,74,77)/t41-,43+,44+,46-,47-,48+,49-,50+,51+,52-,53+,54-/m0/s1. The van der Waals surface area contributed by atoms with Crippen molar-refractivity contribution >= 4 is 110 Å². The summed E-state index contributed by atoms with van der Waals surface area (Å²) in [6.45, 7) is 6.29. The van der Waals surface area contributed by atoms with Crippen LogP contribution in [0.4, 0.5) is 0 Å². The fraction of sp³-hybridized carbons (Fsp3) is 0.652. The minimum atomic E-state index is -1.67. The van der Waals surface area contributed by atoms with Crippen LogP contribution in [0.2, 0.25) is 0 Å². The third kappa shape index (κ3) is 29.6. The zero-order valence-electron chi connectivity index (χ0n) is 60.5. The number of H-pyrrole nitrogens is 1. The summed E-state index contributed by atoms with van der Waals surface area (Å²) in [6, 6.07) is -2.94. The molecule has 5 rings (SSSR count). The molecule has 0 unspecified atom stereocenters. The number of aliphatic hydroxyl groups is 1. The number of aromatic amines is 1. The Bertz CT molecular complexity index is 3270. The van der Waals surface area contributed by atoms with Gasteiger partial charge in [0.25, 0.3) is 0 Å². The predicted molar refractivity (Wildman–Crippen MR) is 394 cm³/mol. The number of nitrogens with two attached hydrogens (primary N) is 5. The first-order valence-electron chi connectivity index (χ1n) is 36.1. The number of ketones is 2. The molecule has 582 valence electrons. The first-order valence-corrected chi connectivity index (χ1v) is 38.6. The number of rotatable bonds is 41. The van der Waals surface area contributed by atoms with Crippen LogP contribution < -0.4 is 76.5 Å². The summed E-state index contributed by atoms with van der Waals surface area (Å²) in [5.41, 5.74) is 30.0. The van der Waals surface area contributed by atoms with Gasteiger partial charge in [0.1, 0.15) is 54.1 Å². The lowest BCUT2D eigenvalue weighted by molar-refractivity contribution is -0.144. The molecular formula is C69H109N19O15S2. The Labute approximate surface area is 620 Å². The minimum Gasteiger partial charge on any atom is -0.394 e. The molecule has 0 aliphatic carbocycles. The molecule has 4 heterocycles. The van der Waals surface area contributed by atoms with E-state index in [0.717, 1.165) is 33.6 Å². The molecule has 34 nitrogen and oxygen atoms in total. The number of carbonyl (C=O) groups is 14. The maximum Gasteiger partial charge on any atom is 0.245 e. The van der Waals surface area contributed by atoms with Crippen molar-refractivity contribution in [1.82, 2.24) is 67.6 Å². The molecule has 12 amide bonds. The highest BCUT2D eigenvalue weighted by Crippen LogP contribution is 2.28. The van der Waals surface area contributed by atoms with Crippen molar-refractivity contribution in [3.05, 3.63) is 54.1 Å². The molecule has 36 heteroatoms. The SMILES string of the molecule is CCCC[C@H](NC(=O)[C@H]1CCCN1C(=O)CNC(=O)[C@@H](CCCCN)NC(=O)[C@H]1CSSC[C@H](NC(=O)[C@@H]2CCCN2C(=O)[C@H](CCCN=C(N)N)CC(=O)[C@H](CCC(N)=O)NC(=O)[C@@H](CC(=O)[C@H](C)N)Cc2cnc[nH]2)C(=O)N[C@@H](CC(C)C)C(=O)N[C@H](CO)C(=O)N1)C(=O)NCCc1ccccc1. The number of unbranched alkanes of at least 4 members (excludes halogenated alkanes) is 2. The molecule has 3 aliphatic heterocycles. The quantitative estimate of drug-likeness (QED) is 0.0140. The number of benzene rings is 1. The summed E-state index contributed by atoms with van der Waals surface area (Å²) in [5, 5.41) is 34.8. The molecule has 0 radical (unpaired) electrons. The van der Waals surface area contributed by atoms with Gasteiger partial charge in [0.15, 0.2) is 11.7 Å². The largest absolute Gasteiger partial charge is 0.394 e. The Balaban J connectivity index is 1.33. The van der Waals surface area contributed by atoms with Crippen molar-refractivity contribution in [2.45, 2.75) is 210 Å². The number of imidazole rings is 1. The third-order valence-corrected chi connectivity index (χ3v) is 20.7. The fourth-order valence-electron chi connectivity index (χ4n) is 12.4. The molecule has 105 heavy (non-hydrogen) atoms. The van der Waals surface area contributed by atoms with Crippen LogP contribution in [0.15, 0.2) is 47.8 Å². The van der Waals surface area contributed by atoms with Gasteiger partial charge in [-0.25, -0.2) is 4.98 Å². The Hall–Kier alpha value is -8.74. The van der Waals surface area contributed by atoms with E-state index in [1.807, 2.05) is 37.3 Å². The second kappa shape index (κ2) is 45.6. The van der Waals surface area contributed by atoms with Crippen LogP contribution in [0, 0.1) is 17.8 Å². The van der Waals surface area contributed by atoms with Gasteiger partial charge in [0.05, 0.1) is 37.5 Å². The van der Waals surface area contributed by atoms with Gasteiger partial charge in [-0.15, -0.1) is 0 Å². The number of carbonyl (C=O) groups excluding carboxylic acids is 14. The van der Waals surface area contributed by atoms with E-state index in [1.165, 1.54) is 29.2 Å². The monoisotopic (exact) mass is 1510 g/mol. The van der Waals surface area contributed by atoms with E-state index >= 15 is 0 Å². The molecule has 3 saturated heterocycles. The minimum absolute atomic E-state index is 0.00473. The first-order chi connectivity index (χ1) is 50.1. The second-order valence-corrected chi connectivity index (χ2v) is 29.7. The van der Waals surface area contributed by atoms with Crippen LogP contribution in [0.3, 0.4) is 0 Å². The smallest absolute Gasteiger partial charge is 0.245 e. The highest BCUT2D eigenvalue weighted by Gasteiger charge is 2.42. The van der Waals surface area contributed by atoms with E-state index < -0.39 is 168 Å². The van der Waals surface area contributed by atoms with E-state index in [-0.39, 0.29) is 113 Å². The van der Waals surface area contributed by atoms with Gasteiger partial charge in [0, 0.05) is 81.2 Å². The van der Waals surface area contributed by atoms with E-state index in [1.54, 1.807) is 13.8 Å². The van der Waals surface area contributed by atoms with Gasteiger partial charge in [-0.1, -0.05) is 85.5 Å². The summed E-state index contributed by atoms with van der Waals surface area (Å²) < 4.78 is 0. The molecule has 0 bridgehead atoms. The molecule has 1 aromatic heterocycles. The first kappa shape index (κ1) is 86.9. The molecule has 0 spiro atoms. The number of guanidine groups is 1. The number of hydrogen-bond acceptors (Lipinski definition) is 21. The maximum absolute atomic E-state index is 15.0. The average Bonchev–Trinajstić information content (AvgIpc) is 1.76. The highest BCUT2D eigenvalue weighted by molar-refractivity contribution is 8.76. The van der Waals surface area contributed by atoms with Crippen LogP contribution in [0.5, 0.6) is 0 Å². The summed E-state index contributed by atoms with van der Waals surface area (Å²) in [4.78, 5) is 209. The molecule has 12 atom stereocenters. The summed E-state index contributed by atoms with van der Waals surface area (Å²) in [7, 11) is 1.98. The van der Waals surface area contributed by atoms with Gasteiger partial charge in [-0.05, 0) is 108 Å². The fourth-order valence-corrected chi connectivity index (χ4v) is 14.7. The third-order valence-electron chi connectivity index (χ3n) is 18.3. The highest BCUT2D eigenvalue weighted by atomic mass is 33.1. The van der Waals surface area contributed by atoms with Crippen molar-refractivity contribution in [2.75, 3.05) is 57.4 Å². The molecule has 0 saturated carbocycles. The van der Waals surface area contributed by atoms with Crippen molar-refractivity contribution in [1.29, 1.82) is 0 Å². The molecule has 21 N–H and O–H groups in total. The molecule has 3 fully saturated rings. The van der Waals surface area contributed by atoms with E-state index in [0.29, 0.717) is 63.6 Å². The van der Waals surface area contributed by atoms with Crippen molar-refractivity contribution < 1.29 is 72.2 Å². The number of aromatic nitrogens is 2. The summed E-state index contributed by atoms with van der Waals surface area (Å²) in [5.74, 6) is -13.1. The number of nitrogens with zero attached hydrogens (tertiary/aromatic N) is 4. The van der Waals surface area contributed by atoms with E-state index in [9.17, 15) is 72.2 Å². The Morgan fingerprint density at radius 3 is 1.97 bits per heavy atom. The van der Waals surface area contributed by atoms with Crippen LogP contribution in [-0.4, -0.2) is 231 Å². The van der Waals surface area contributed by atoms with Crippen molar-refractivity contribution in [3.63, 3.8) is 0 Å². The Kier molecular flexibility index (Phi) is 37.7. The average molecular weight is 1510 g/mol. The van der Waals surface area contributed by atoms with Crippen LogP contribution in [0.25, 0.3) is 0 Å². The van der Waals surface area contributed by atoms with Crippen molar-refractivity contribution in [2.24, 2.45) is 51.4 Å². The predicted octanol–water partition coefficient (Wildman–Crippen LogP) is -2.63. The zero-order chi connectivity index (χ0) is 77.1. The Morgan fingerprint density at radius 1 is 0.695 bits per heavy atom. The zero-order valence-corrected chi connectivity index (χ0v) is 62.1. The number of primary amides is 1. The van der Waals surface area contributed by atoms with Crippen LogP contribution >= 0.6 is 21.6 Å². The van der Waals surface area contributed by atoms with E-state index in [4.69, 9.17) is 28.7 Å². The van der Waals surface area contributed by atoms with Gasteiger partial charge in [-0.2, -0.15) is 0 Å². The van der Waals surface area contributed by atoms with E-state index in [2.05, 4.69) is 62.8 Å². The number of hydrogen-bond donors (Lipinski definition) is 16. The van der Waals surface area contributed by atoms with Gasteiger partial charge >= 0.3 is 0 Å². The number of likely N-dealkylation sites (tertiary alicyclic amines) is 2. The maximum atomic E-state index is 15.0. The van der Waals surface area contributed by atoms with Gasteiger partial charge in [-0.3, -0.25) is 72.1 Å². The number of Topliss-reactive ketones (excluding diaryl/α,β-unsaturated/α-hetero) is 2.